The lowest BCUT2D eigenvalue weighted by atomic mass is 10.1. The highest BCUT2D eigenvalue weighted by atomic mass is 32.2. The average Bonchev–Trinajstić information content (AvgIpc) is 2.92. The van der Waals surface area contributed by atoms with Gasteiger partial charge >= 0.3 is 17.4 Å². The predicted octanol–water partition coefficient (Wildman–Crippen LogP) is 5.36. The van der Waals surface area contributed by atoms with Gasteiger partial charge in [0.05, 0.1) is 11.9 Å². The van der Waals surface area contributed by atoms with Gasteiger partial charge in [-0.3, -0.25) is 14.2 Å². The number of aromatic nitrogens is 1. The number of alkyl halides is 5. The Hall–Kier alpha value is -3.15. The van der Waals surface area contributed by atoms with Gasteiger partial charge < -0.3 is 10.2 Å². The lowest BCUT2D eigenvalue weighted by molar-refractivity contribution is -0.237. The molecule has 0 aliphatic heterocycles. The number of benzene rings is 2. The molecule has 0 atom stereocenters. The lowest BCUT2D eigenvalue weighted by Crippen LogP contribution is -2.32. The number of aromatic hydroxyl groups is 1. The van der Waals surface area contributed by atoms with Crippen LogP contribution in [0.3, 0.4) is 0 Å². The van der Waals surface area contributed by atoms with Crippen LogP contribution in [0.4, 0.5) is 26.3 Å². The molecule has 0 amide bonds. The number of hydrogen-bond donors (Lipinski definition) is 2. The molecule has 2 aromatic carbocycles. The number of hydrogen-bond acceptors (Lipinski definition) is 4. The van der Waals surface area contributed by atoms with Crippen LogP contribution in [0.25, 0.3) is 10.9 Å². The maximum atomic E-state index is 13.9. The quantitative estimate of drug-likeness (QED) is 0.382. The maximum absolute atomic E-state index is 13.9. The SMILES string of the molecule is Cc1c(CC(=O)O)c2cc(O)c(F)cc2n1C(=O)c1ccc(SC(F)(F)C(F)(F)F)cc1. The van der Waals surface area contributed by atoms with E-state index in [1.807, 2.05) is 0 Å². The average molecular weight is 477 g/mol. The number of phenols is 1. The molecule has 0 radical (unpaired) electrons. The predicted molar refractivity (Wildman–Crippen MR) is 103 cm³/mol. The third kappa shape index (κ3) is 4.27. The first kappa shape index (κ1) is 23.5. The summed E-state index contributed by atoms with van der Waals surface area (Å²) in [5.74, 6) is -3.85. The van der Waals surface area contributed by atoms with Crippen molar-refractivity contribution < 1.29 is 46.1 Å². The Balaban J connectivity index is 2.04. The summed E-state index contributed by atoms with van der Waals surface area (Å²) in [7, 11) is 0. The Morgan fingerprint density at radius 1 is 1.06 bits per heavy atom. The van der Waals surface area contributed by atoms with Crippen LogP contribution in [-0.4, -0.2) is 38.1 Å². The van der Waals surface area contributed by atoms with Crippen LogP contribution in [0.1, 0.15) is 21.6 Å². The number of carbonyl (C=O) groups excluding carboxylic acids is 1. The zero-order valence-corrected chi connectivity index (χ0v) is 16.8. The topological polar surface area (TPSA) is 79.5 Å². The van der Waals surface area contributed by atoms with Crippen molar-refractivity contribution in [2.45, 2.75) is 29.7 Å². The van der Waals surface area contributed by atoms with Gasteiger partial charge in [-0.1, -0.05) is 0 Å². The highest BCUT2D eigenvalue weighted by Crippen LogP contribution is 2.47. The first-order chi connectivity index (χ1) is 14.7. The first-order valence-electron chi connectivity index (χ1n) is 8.75. The van der Waals surface area contributed by atoms with Crippen molar-refractivity contribution in [2.75, 3.05) is 0 Å². The van der Waals surface area contributed by atoms with Crippen molar-refractivity contribution in [3.63, 3.8) is 0 Å². The minimum absolute atomic E-state index is 0.0406. The Kier molecular flexibility index (Phi) is 5.94. The van der Waals surface area contributed by atoms with Crippen molar-refractivity contribution in [2.24, 2.45) is 0 Å². The van der Waals surface area contributed by atoms with E-state index in [1.165, 1.54) is 6.92 Å². The maximum Gasteiger partial charge on any atom is 0.464 e. The number of carboxylic acids is 1. The lowest BCUT2D eigenvalue weighted by Gasteiger charge is -2.18. The summed E-state index contributed by atoms with van der Waals surface area (Å²) in [5, 5.41) is 13.9. The number of fused-ring (bicyclic) bond motifs is 1. The minimum Gasteiger partial charge on any atom is -0.505 e. The van der Waals surface area contributed by atoms with Gasteiger partial charge in [0.15, 0.2) is 11.6 Å². The third-order valence-electron chi connectivity index (χ3n) is 4.61. The van der Waals surface area contributed by atoms with E-state index < -0.39 is 58.0 Å². The fourth-order valence-electron chi connectivity index (χ4n) is 3.13. The van der Waals surface area contributed by atoms with Crippen LogP contribution in [0.15, 0.2) is 41.3 Å². The Morgan fingerprint density at radius 2 is 1.66 bits per heavy atom. The molecule has 0 fully saturated rings. The van der Waals surface area contributed by atoms with Gasteiger partial charge in [0.1, 0.15) is 0 Å². The molecule has 0 unspecified atom stereocenters. The van der Waals surface area contributed by atoms with E-state index in [1.54, 1.807) is 0 Å². The number of thioether (sulfide) groups is 1. The van der Waals surface area contributed by atoms with E-state index in [-0.39, 0.29) is 27.7 Å². The number of phenolic OH excluding ortho intramolecular Hbond substituents is 1. The van der Waals surface area contributed by atoms with Crippen LogP contribution < -0.4 is 0 Å². The number of halogens is 6. The monoisotopic (exact) mass is 477 g/mol. The summed E-state index contributed by atoms with van der Waals surface area (Å²) in [6.07, 6.45) is -6.29. The molecule has 0 aliphatic rings. The van der Waals surface area contributed by atoms with Gasteiger partial charge in [-0.25, -0.2) is 4.39 Å². The molecule has 3 rings (SSSR count). The smallest absolute Gasteiger partial charge is 0.464 e. The second-order valence-corrected chi connectivity index (χ2v) is 7.93. The molecule has 0 aliphatic carbocycles. The molecule has 32 heavy (non-hydrogen) atoms. The summed E-state index contributed by atoms with van der Waals surface area (Å²) in [4.78, 5) is 23.8. The van der Waals surface area contributed by atoms with Crippen LogP contribution in [-0.2, 0) is 11.2 Å². The number of aliphatic carboxylic acids is 1. The van der Waals surface area contributed by atoms with Crippen molar-refractivity contribution >= 4 is 34.5 Å². The number of nitrogens with zero attached hydrogens (tertiary/aromatic N) is 1. The molecular weight excluding hydrogens is 464 g/mol. The van der Waals surface area contributed by atoms with Crippen molar-refractivity contribution in [1.29, 1.82) is 0 Å². The number of carboxylic acid groups (broad SMARTS) is 1. The Morgan fingerprint density at radius 3 is 2.19 bits per heavy atom. The van der Waals surface area contributed by atoms with Gasteiger partial charge in [-0.15, -0.1) is 0 Å². The second-order valence-electron chi connectivity index (χ2n) is 6.74. The second kappa shape index (κ2) is 8.08. The van der Waals surface area contributed by atoms with Gasteiger partial charge in [-0.2, -0.15) is 22.0 Å². The highest BCUT2D eigenvalue weighted by molar-refractivity contribution is 8.00. The van der Waals surface area contributed by atoms with Gasteiger partial charge in [-0.05, 0) is 54.6 Å². The van der Waals surface area contributed by atoms with E-state index in [0.29, 0.717) is 0 Å². The normalized spacial score (nSPS) is 12.3. The molecule has 1 aromatic heterocycles. The third-order valence-corrected chi connectivity index (χ3v) is 5.61. The minimum atomic E-state index is -5.76. The van der Waals surface area contributed by atoms with Crippen molar-refractivity contribution in [3.05, 3.63) is 59.0 Å². The zero-order chi connectivity index (χ0) is 24.0. The molecule has 0 saturated carbocycles. The highest BCUT2D eigenvalue weighted by Gasteiger charge is 2.58. The van der Waals surface area contributed by atoms with E-state index in [0.717, 1.165) is 41.0 Å². The summed E-state index contributed by atoms with van der Waals surface area (Å²) in [5.41, 5.74) is 0.119. The molecule has 2 N–H and O–H groups in total. The van der Waals surface area contributed by atoms with Crippen LogP contribution in [0, 0.1) is 12.7 Å². The fraction of sp³-hybridized carbons (Fsp3) is 0.200. The Bertz CT molecular complexity index is 1220. The molecule has 0 saturated heterocycles. The molecule has 12 heteroatoms. The molecule has 3 aromatic rings. The van der Waals surface area contributed by atoms with Crippen molar-refractivity contribution in [1.82, 2.24) is 4.57 Å². The Labute approximate surface area is 180 Å². The zero-order valence-electron chi connectivity index (χ0n) is 16.0. The van der Waals surface area contributed by atoms with E-state index in [2.05, 4.69) is 0 Å². The van der Waals surface area contributed by atoms with E-state index in [4.69, 9.17) is 5.11 Å². The van der Waals surface area contributed by atoms with E-state index in [9.17, 15) is 41.0 Å². The van der Waals surface area contributed by atoms with Gasteiger partial charge in [0.25, 0.3) is 5.91 Å². The summed E-state index contributed by atoms with van der Waals surface area (Å²) < 4.78 is 78.5. The molecule has 1 heterocycles. The number of rotatable bonds is 5. The molecule has 0 bridgehead atoms. The van der Waals surface area contributed by atoms with Gasteiger partial charge in [0, 0.05) is 27.6 Å². The molecule has 0 spiro atoms. The molecule has 5 nitrogen and oxygen atoms in total. The van der Waals surface area contributed by atoms with Crippen LogP contribution in [0.5, 0.6) is 5.75 Å². The summed E-state index contributed by atoms with van der Waals surface area (Å²) in [6, 6.07) is 5.69. The van der Waals surface area contributed by atoms with Crippen LogP contribution in [0.2, 0.25) is 0 Å². The molecular formula is C20H13F6NO4S. The first-order valence-corrected chi connectivity index (χ1v) is 9.57. The van der Waals surface area contributed by atoms with Crippen molar-refractivity contribution in [3.8, 4) is 5.75 Å². The summed E-state index contributed by atoms with van der Waals surface area (Å²) >= 11 is -0.730. The fourth-order valence-corrected chi connectivity index (χ4v) is 3.81. The van der Waals surface area contributed by atoms with Crippen LogP contribution >= 0.6 is 11.8 Å². The molecule has 170 valence electrons. The van der Waals surface area contributed by atoms with Gasteiger partial charge in [0.2, 0.25) is 0 Å². The largest absolute Gasteiger partial charge is 0.505 e. The van der Waals surface area contributed by atoms with E-state index >= 15 is 0 Å². The number of carbonyl (C=O) groups is 2. The summed E-state index contributed by atoms with van der Waals surface area (Å²) in [6.45, 7) is 1.40. The standard InChI is InChI=1S/C20H13F6NO4S/c1-9-12(7-17(29)30)13-6-16(28)14(21)8-15(13)27(9)18(31)10-2-4-11(5-3-10)32-20(25,26)19(22,23)24/h2-6,8,28H,7H2,1H3,(H,29,30).